The molecule has 32 heavy (non-hydrogen) atoms. The van der Waals surface area contributed by atoms with E-state index in [1.165, 1.54) is 29.2 Å². The number of morpholine rings is 1. The third kappa shape index (κ3) is 5.23. The van der Waals surface area contributed by atoms with Gasteiger partial charge in [0.1, 0.15) is 17.7 Å². The van der Waals surface area contributed by atoms with E-state index in [4.69, 9.17) is 9.47 Å². The molecule has 7 nitrogen and oxygen atoms in total. The number of cyclic esters (lactones) is 1. The van der Waals surface area contributed by atoms with E-state index in [0.717, 1.165) is 0 Å². The van der Waals surface area contributed by atoms with Gasteiger partial charge < -0.3 is 19.7 Å². The number of ether oxygens (including phenoxy) is 2. The molecule has 0 spiro atoms. The van der Waals surface area contributed by atoms with Gasteiger partial charge in [-0.05, 0) is 42.0 Å². The summed E-state index contributed by atoms with van der Waals surface area (Å²) in [6.45, 7) is 2.62. The summed E-state index contributed by atoms with van der Waals surface area (Å²) in [6, 6.07) is 10.4. The second-order valence-electron chi connectivity index (χ2n) is 7.48. The van der Waals surface area contributed by atoms with Gasteiger partial charge in [0.05, 0.1) is 37.7 Å². The fourth-order valence-corrected chi connectivity index (χ4v) is 3.58. The third-order valence-corrected chi connectivity index (χ3v) is 5.27. The van der Waals surface area contributed by atoms with Crippen LogP contribution >= 0.6 is 0 Å². The summed E-state index contributed by atoms with van der Waals surface area (Å²) >= 11 is 0. The molecule has 9 heteroatoms. The molecule has 1 N–H and O–H groups in total. The van der Waals surface area contributed by atoms with Crippen molar-refractivity contribution in [2.75, 3.05) is 49.2 Å². The van der Waals surface area contributed by atoms with Gasteiger partial charge in [-0.2, -0.15) is 0 Å². The lowest BCUT2D eigenvalue weighted by molar-refractivity contribution is -0.116. The van der Waals surface area contributed by atoms with Crippen molar-refractivity contribution in [3.05, 3.63) is 65.7 Å². The maximum Gasteiger partial charge on any atom is 0.414 e. The van der Waals surface area contributed by atoms with Crippen molar-refractivity contribution >= 4 is 29.5 Å². The van der Waals surface area contributed by atoms with Crippen LogP contribution in [0.5, 0.6) is 0 Å². The Bertz CT molecular complexity index is 1010. The zero-order valence-electron chi connectivity index (χ0n) is 17.3. The molecule has 168 valence electrons. The Morgan fingerprint density at radius 3 is 2.59 bits per heavy atom. The molecule has 0 unspecified atom stereocenters. The quantitative estimate of drug-likeness (QED) is 0.696. The minimum Gasteiger partial charge on any atom is -0.442 e. The van der Waals surface area contributed by atoms with Gasteiger partial charge in [-0.15, -0.1) is 0 Å². The predicted octanol–water partition coefficient (Wildman–Crippen LogP) is 2.96. The fourth-order valence-electron chi connectivity index (χ4n) is 3.58. The SMILES string of the molecule is O=C(/C=C/c1ccc(F)cc1)NC[C@@H]1CN(c2ccc(N3CCOCC3)c(F)c2)C(=O)O1. The summed E-state index contributed by atoms with van der Waals surface area (Å²) in [5, 5.41) is 2.67. The maximum absolute atomic E-state index is 14.7. The highest BCUT2D eigenvalue weighted by atomic mass is 19.1. The largest absolute Gasteiger partial charge is 0.442 e. The number of carbonyl (C=O) groups is 2. The maximum atomic E-state index is 14.7. The summed E-state index contributed by atoms with van der Waals surface area (Å²) in [4.78, 5) is 27.5. The number of anilines is 2. The summed E-state index contributed by atoms with van der Waals surface area (Å²) in [7, 11) is 0. The molecule has 2 aromatic rings. The molecule has 2 fully saturated rings. The lowest BCUT2D eigenvalue weighted by Crippen LogP contribution is -2.36. The minimum absolute atomic E-state index is 0.114. The first kappa shape index (κ1) is 21.8. The molecule has 2 amide bonds. The fraction of sp³-hybridized carbons (Fsp3) is 0.304. The molecule has 0 saturated carbocycles. The molecule has 0 aromatic heterocycles. The number of nitrogens with one attached hydrogen (secondary N) is 1. The summed E-state index contributed by atoms with van der Waals surface area (Å²) in [5.74, 6) is -1.14. The normalized spacial score (nSPS) is 18.8. The Morgan fingerprint density at radius 1 is 1.12 bits per heavy atom. The van der Waals surface area contributed by atoms with Gasteiger partial charge in [-0.25, -0.2) is 13.6 Å². The molecular weight excluding hydrogens is 420 g/mol. The first-order valence-corrected chi connectivity index (χ1v) is 10.3. The molecular formula is C23H23F2N3O4. The minimum atomic E-state index is -0.593. The summed E-state index contributed by atoms with van der Waals surface area (Å²) < 4.78 is 38.2. The molecule has 2 aromatic carbocycles. The van der Waals surface area contributed by atoms with Crippen LogP contribution in [0.1, 0.15) is 5.56 Å². The van der Waals surface area contributed by atoms with Gasteiger partial charge in [0.2, 0.25) is 5.91 Å². The number of carbonyl (C=O) groups excluding carboxylic acids is 2. The van der Waals surface area contributed by atoms with E-state index >= 15 is 0 Å². The number of rotatable bonds is 6. The third-order valence-electron chi connectivity index (χ3n) is 5.27. The Hall–Kier alpha value is -3.46. The van der Waals surface area contributed by atoms with Crippen LogP contribution < -0.4 is 15.1 Å². The number of hydrogen-bond acceptors (Lipinski definition) is 5. The van der Waals surface area contributed by atoms with Crippen molar-refractivity contribution in [2.45, 2.75) is 6.10 Å². The topological polar surface area (TPSA) is 71.1 Å². The molecule has 2 aliphatic rings. The molecule has 2 saturated heterocycles. The highest BCUT2D eigenvalue weighted by Crippen LogP contribution is 2.28. The Kier molecular flexibility index (Phi) is 6.65. The Balaban J connectivity index is 1.31. The van der Waals surface area contributed by atoms with Crippen LogP contribution in [0.4, 0.5) is 25.0 Å². The van der Waals surface area contributed by atoms with Gasteiger partial charge in [0.25, 0.3) is 0 Å². The molecule has 2 heterocycles. The first-order valence-electron chi connectivity index (χ1n) is 10.3. The number of amides is 2. The second-order valence-corrected chi connectivity index (χ2v) is 7.48. The predicted molar refractivity (Wildman–Crippen MR) is 115 cm³/mol. The molecule has 2 aliphatic heterocycles. The lowest BCUT2D eigenvalue weighted by Gasteiger charge is -2.29. The van der Waals surface area contributed by atoms with Gasteiger partial charge in [-0.1, -0.05) is 12.1 Å². The zero-order chi connectivity index (χ0) is 22.5. The number of nitrogens with zero attached hydrogens (tertiary/aromatic N) is 2. The van der Waals surface area contributed by atoms with Crippen molar-refractivity contribution in [2.24, 2.45) is 0 Å². The molecule has 0 bridgehead atoms. The zero-order valence-corrected chi connectivity index (χ0v) is 17.3. The number of benzene rings is 2. The van der Waals surface area contributed by atoms with Crippen LogP contribution in [0.2, 0.25) is 0 Å². The highest BCUT2D eigenvalue weighted by molar-refractivity contribution is 5.92. The molecule has 1 atom stereocenters. The highest BCUT2D eigenvalue weighted by Gasteiger charge is 2.33. The standard InChI is InChI=1S/C23H23F2N3O4/c24-17-4-1-16(2-5-17)3-8-22(29)26-14-19-15-28(23(30)32-19)18-6-7-21(20(25)13-18)27-9-11-31-12-10-27/h1-8,13,19H,9-12,14-15H2,(H,26,29)/b8-3+/t19-/m1/s1. The Labute approximate surface area is 184 Å². The van der Waals surface area contributed by atoms with E-state index in [1.54, 1.807) is 30.3 Å². The van der Waals surface area contributed by atoms with E-state index in [9.17, 15) is 18.4 Å². The van der Waals surface area contributed by atoms with Crippen LogP contribution in [0.15, 0.2) is 48.5 Å². The van der Waals surface area contributed by atoms with Crippen LogP contribution in [0.3, 0.4) is 0 Å². The number of hydrogen-bond donors (Lipinski definition) is 1. The second kappa shape index (κ2) is 9.78. The average Bonchev–Trinajstić information content (AvgIpc) is 3.18. The summed E-state index contributed by atoms with van der Waals surface area (Å²) in [5.41, 5.74) is 1.55. The van der Waals surface area contributed by atoms with Gasteiger partial charge >= 0.3 is 6.09 Å². The van der Waals surface area contributed by atoms with Crippen molar-refractivity contribution in [1.82, 2.24) is 5.32 Å². The first-order chi connectivity index (χ1) is 15.5. The van der Waals surface area contributed by atoms with Gasteiger partial charge in [0.15, 0.2) is 0 Å². The molecule has 0 aliphatic carbocycles. The number of halogens is 2. The van der Waals surface area contributed by atoms with Crippen molar-refractivity contribution in [3.63, 3.8) is 0 Å². The monoisotopic (exact) mass is 443 g/mol. The van der Waals surface area contributed by atoms with E-state index in [2.05, 4.69) is 5.32 Å². The van der Waals surface area contributed by atoms with Crippen molar-refractivity contribution in [3.8, 4) is 0 Å². The van der Waals surface area contributed by atoms with Gasteiger partial charge in [0, 0.05) is 19.2 Å². The summed E-state index contributed by atoms with van der Waals surface area (Å²) in [6.07, 6.45) is 1.72. The van der Waals surface area contributed by atoms with E-state index < -0.39 is 18.0 Å². The lowest BCUT2D eigenvalue weighted by atomic mass is 10.2. The van der Waals surface area contributed by atoms with Crippen molar-refractivity contribution < 1.29 is 27.8 Å². The van der Waals surface area contributed by atoms with E-state index in [-0.39, 0.29) is 24.8 Å². The van der Waals surface area contributed by atoms with Crippen LogP contribution in [-0.4, -0.2) is 57.5 Å². The van der Waals surface area contributed by atoms with Crippen LogP contribution in [-0.2, 0) is 14.3 Å². The average molecular weight is 443 g/mol. The molecule has 4 rings (SSSR count). The van der Waals surface area contributed by atoms with Crippen molar-refractivity contribution in [1.29, 1.82) is 0 Å². The molecule has 0 radical (unpaired) electrons. The van der Waals surface area contributed by atoms with E-state index in [0.29, 0.717) is 43.2 Å². The smallest absolute Gasteiger partial charge is 0.414 e. The van der Waals surface area contributed by atoms with Crippen LogP contribution in [0, 0.1) is 11.6 Å². The van der Waals surface area contributed by atoms with Gasteiger partial charge in [-0.3, -0.25) is 9.69 Å². The van der Waals surface area contributed by atoms with E-state index in [1.807, 2.05) is 4.90 Å². The Morgan fingerprint density at radius 2 is 1.88 bits per heavy atom. The van der Waals surface area contributed by atoms with Crippen LogP contribution in [0.25, 0.3) is 6.08 Å².